The number of nitrogens with zero attached hydrogens (tertiary/aromatic N) is 5. The van der Waals surface area contributed by atoms with Crippen molar-refractivity contribution < 1.29 is 0 Å². The Morgan fingerprint density at radius 2 is 1.71 bits per heavy atom. The third kappa shape index (κ3) is 2.91. The van der Waals surface area contributed by atoms with Crippen LogP contribution >= 0.6 is 0 Å². The Balaban J connectivity index is 2.71. The van der Waals surface area contributed by atoms with Gasteiger partial charge >= 0.3 is 0 Å². The number of hydrogen-bond donors (Lipinski definition) is 0. The highest BCUT2D eigenvalue weighted by molar-refractivity contribution is 5.66. The first-order valence-corrected chi connectivity index (χ1v) is 7.18. The van der Waals surface area contributed by atoms with Crippen molar-refractivity contribution in [3.8, 4) is 11.3 Å². The Morgan fingerprint density at radius 1 is 1.10 bits per heavy atom. The molecule has 21 heavy (non-hydrogen) atoms. The molecule has 2 rings (SSSR count). The highest BCUT2D eigenvalue weighted by Gasteiger charge is 2.21. The minimum absolute atomic E-state index is 0.0214. The van der Waals surface area contributed by atoms with Crippen LogP contribution in [0.5, 0.6) is 0 Å². The third-order valence-corrected chi connectivity index (χ3v) is 3.65. The molecule has 5 heteroatoms. The molecule has 0 unspecified atom stereocenters. The molecule has 0 aliphatic heterocycles. The first kappa shape index (κ1) is 15.5. The standard InChI is InChI=1S/C16H25N5/c1-10-14(11(2)21(8)19-10)12-9-13(16(3,4)5)18-15(17-12)20(6)7/h9H,1-8H3. The van der Waals surface area contributed by atoms with Gasteiger partial charge in [-0.1, -0.05) is 20.8 Å². The molecule has 0 aliphatic carbocycles. The van der Waals surface area contributed by atoms with E-state index in [0.717, 1.165) is 34.3 Å². The van der Waals surface area contributed by atoms with Gasteiger partial charge in [-0.3, -0.25) is 4.68 Å². The van der Waals surface area contributed by atoms with Gasteiger partial charge in [-0.05, 0) is 19.9 Å². The quantitative estimate of drug-likeness (QED) is 0.852. The highest BCUT2D eigenvalue weighted by atomic mass is 15.3. The first-order chi connectivity index (χ1) is 9.61. The lowest BCUT2D eigenvalue weighted by Crippen LogP contribution is -2.19. The van der Waals surface area contributed by atoms with Gasteiger partial charge in [0.25, 0.3) is 0 Å². The molecule has 0 saturated carbocycles. The number of hydrogen-bond acceptors (Lipinski definition) is 4. The summed E-state index contributed by atoms with van der Waals surface area (Å²) in [7, 11) is 5.90. The van der Waals surface area contributed by atoms with E-state index in [1.165, 1.54) is 0 Å². The summed E-state index contributed by atoms with van der Waals surface area (Å²) in [5, 5.41) is 4.50. The molecule has 2 aromatic rings. The van der Waals surface area contributed by atoms with Gasteiger partial charge in [-0.2, -0.15) is 5.10 Å². The summed E-state index contributed by atoms with van der Waals surface area (Å²) in [6.07, 6.45) is 0. The van der Waals surface area contributed by atoms with Crippen molar-refractivity contribution in [1.29, 1.82) is 0 Å². The van der Waals surface area contributed by atoms with Crippen molar-refractivity contribution in [2.24, 2.45) is 7.05 Å². The average molecular weight is 287 g/mol. The van der Waals surface area contributed by atoms with Gasteiger partial charge in [0.15, 0.2) is 0 Å². The van der Waals surface area contributed by atoms with E-state index in [4.69, 9.17) is 4.98 Å². The Labute approximate surface area is 127 Å². The smallest absolute Gasteiger partial charge is 0.225 e. The maximum Gasteiger partial charge on any atom is 0.225 e. The second-order valence-electron chi connectivity index (χ2n) is 6.75. The molecule has 0 aromatic carbocycles. The van der Waals surface area contributed by atoms with Crippen LogP contribution in [0.3, 0.4) is 0 Å². The van der Waals surface area contributed by atoms with Crippen LogP contribution < -0.4 is 4.90 Å². The fraction of sp³-hybridized carbons (Fsp3) is 0.562. The van der Waals surface area contributed by atoms with Gasteiger partial charge in [-0.15, -0.1) is 0 Å². The van der Waals surface area contributed by atoms with E-state index in [2.05, 4.69) is 43.8 Å². The SMILES string of the molecule is Cc1nn(C)c(C)c1-c1cc(C(C)(C)C)nc(N(C)C)n1. The van der Waals surface area contributed by atoms with Crippen molar-refractivity contribution in [2.45, 2.75) is 40.0 Å². The van der Waals surface area contributed by atoms with Crippen molar-refractivity contribution in [1.82, 2.24) is 19.7 Å². The van der Waals surface area contributed by atoms with E-state index in [0.29, 0.717) is 0 Å². The molecule has 0 aliphatic rings. The van der Waals surface area contributed by atoms with Gasteiger partial charge < -0.3 is 4.90 Å². The molecule has 0 fully saturated rings. The van der Waals surface area contributed by atoms with Crippen LogP contribution in [0.2, 0.25) is 0 Å². The predicted octanol–water partition coefficient (Wildman–Crippen LogP) is 2.86. The van der Waals surface area contributed by atoms with Gasteiger partial charge in [0.2, 0.25) is 5.95 Å². The van der Waals surface area contributed by atoms with Crippen LogP contribution in [0, 0.1) is 13.8 Å². The van der Waals surface area contributed by atoms with Crippen LogP contribution in [0.25, 0.3) is 11.3 Å². The Morgan fingerprint density at radius 3 is 2.14 bits per heavy atom. The summed E-state index contributed by atoms with van der Waals surface area (Å²) in [6.45, 7) is 10.6. The number of aromatic nitrogens is 4. The van der Waals surface area contributed by atoms with E-state index < -0.39 is 0 Å². The molecule has 0 radical (unpaired) electrons. The lowest BCUT2D eigenvalue weighted by molar-refractivity contribution is 0.567. The number of rotatable bonds is 2. The molecular formula is C16H25N5. The van der Waals surface area contributed by atoms with E-state index in [9.17, 15) is 0 Å². The summed E-state index contributed by atoms with van der Waals surface area (Å²) in [5.41, 5.74) is 5.19. The van der Waals surface area contributed by atoms with E-state index in [-0.39, 0.29) is 5.41 Å². The van der Waals surface area contributed by atoms with Gasteiger partial charge in [0, 0.05) is 37.8 Å². The lowest BCUT2D eigenvalue weighted by Gasteiger charge is -2.21. The summed E-state index contributed by atoms with van der Waals surface area (Å²) in [4.78, 5) is 11.3. The Bertz CT molecular complexity index is 662. The zero-order valence-corrected chi connectivity index (χ0v) is 14.3. The normalized spacial score (nSPS) is 11.8. The largest absolute Gasteiger partial charge is 0.347 e. The van der Waals surface area contributed by atoms with Gasteiger partial charge in [0.05, 0.1) is 17.1 Å². The average Bonchev–Trinajstić information content (AvgIpc) is 2.61. The van der Waals surface area contributed by atoms with Crippen LogP contribution in [0.15, 0.2) is 6.07 Å². The van der Waals surface area contributed by atoms with Gasteiger partial charge in [-0.25, -0.2) is 9.97 Å². The molecule has 2 heterocycles. The number of anilines is 1. The van der Waals surface area contributed by atoms with Crippen molar-refractivity contribution in [2.75, 3.05) is 19.0 Å². The summed E-state index contributed by atoms with van der Waals surface area (Å²) in [6, 6.07) is 2.09. The fourth-order valence-corrected chi connectivity index (χ4v) is 2.29. The first-order valence-electron chi connectivity index (χ1n) is 7.18. The third-order valence-electron chi connectivity index (χ3n) is 3.65. The molecule has 0 N–H and O–H groups in total. The lowest BCUT2D eigenvalue weighted by atomic mass is 9.91. The zero-order valence-electron chi connectivity index (χ0n) is 14.3. The summed E-state index contributed by atoms with van der Waals surface area (Å²) < 4.78 is 1.90. The van der Waals surface area contributed by atoms with E-state index >= 15 is 0 Å². The van der Waals surface area contributed by atoms with Crippen molar-refractivity contribution in [3.05, 3.63) is 23.1 Å². The monoisotopic (exact) mass is 287 g/mol. The van der Waals surface area contributed by atoms with Crippen LogP contribution in [-0.4, -0.2) is 33.8 Å². The number of aryl methyl sites for hydroxylation is 2. The summed E-state index contributed by atoms with van der Waals surface area (Å²) >= 11 is 0. The van der Waals surface area contributed by atoms with Gasteiger partial charge in [0.1, 0.15) is 0 Å². The highest BCUT2D eigenvalue weighted by Crippen LogP contribution is 2.30. The molecule has 0 amide bonds. The van der Waals surface area contributed by atoms with Crippen LogP contribution in [0.4, 0.5) is 5.95 Å². The Kier molecular flexibility index (Phi) is 3.78. The minimum atomic E-state index is -0.0214. The molecule has 2 aromatic heterocycles. The zero-order chi connectivity index (χ0) is 15.9. The topological polar surface area (TPSA) is 46.8 Å². The fourth-order valence-electron chi connectivity index (χ4n) is 2.29. The second kappa shape index (κ2) is 5.13. The molecule has 0 atom stereocenters. The minimum Gasteiger partial charge on any atom is -0.347 e. The molecule has 5 nitrogen and oxygen atoms in total. The van der Waals surface area contributed by atoms with Crippen LogP contribution in [-0.2, 0) is 12.5 Å². The predicted molar refractivity (Wildman–Crippen MR) is 86.7 cm³/mol. The van der Waals surface area contributed by atoms with E-state index in [1.54, 1.807) is 0 Å². The molecule has 0 saturated heterocycles. The molecule has 0 spiro atoms. The van der Waals surface area contributed by atoms with Crippen LogP contribution in [0.1, 0.15) is 37.9 Å². The Hall–Kier alpha value is -1.91. The van der Waals surface area contributed by atoms with Crippen molar-refractivity contribution >= 4 is 5.95 Å². The van der Waals surface area contributed by atoms with Crippen molar-refractivity contribution in [3.63, 3.8) is 0 Å². The molecular weight excluding hydrogens is 262 g/mol. The van der Waals surface area contributed by atoms with E-state index in [1.807, 2.05) is 37.6 Å². The summed E-state index contributed by atoms with van der Waals surface area (Å²) in [5.74, 6) is 0.736. The second-order valence-corrected chi connectivity index (χ2v) is 6.75. The molecule has 114 valence electrons. The maximum absolute atomic E-state index is 4.71. The maximum atomic E-state index is 4.71. The molecule has 0 bridgehead atoms.